The molecule has 124 valence electrons. The van der Waals surface area contributed by atoms with Gasteiger partial charge < -0.3 is 15.0 Å². The maximum absolute atomic E-state index is 12.1. The molecule has 6 heteroatoms. The number of likely N-dealkylation sites (tertiary alicyclic amines) is 1. The molecule has 0 aliphatic carbocycles. The van der Waals surface area contributed by atoms with Crippen LogP contribution in [0, 0.1) is 6.92 Å². The van der Waals surface area contributed by atoms with Crippen molar-refractivity contribution in [3.05, 3.63) is 35.4 Å². The number of carbonyl (C=O) groups is 3. The molecule has 1 N–H and O–H groups in total. The predicted molar refractivity (Wildman–Crippen MR) is 85.3 cm³/mol. The molecule has 1 aromatic carbocycles. The SMILES string of the molecule is CCOC(=O)N1CCC(NC(=O)C(=O)c2ccc(C)cc2)CC1. The van der Waals surface area contributed by atoms with Crippen molar-refractivity contribution < 1.29 is 19.1 Å². The van der Waals surface area contributed by atoms with E-state index in [1.54, 1.807) is 36.1 Å². The molecular weight excluding hydrogens is 296 g/mol. The zero-order chi connectivity index (χ0) is 16.8. The van der Waals surface area contributed by atoms with Crippen LogP contribution in [-0.4, -0.2) is 48.4 Å². The van der Waals surface area contributed by atoms with E-state index >= 15 is 0 Å². The molecule has 0 spiro atoms. The zero-order valence-electron chi connectivity index (χ0n) is 13.5. The van der Waals surface area contributed by atoms with Crippen molar-refractivity contribution in [2.24, 2.45) is 0 Å². The van der Waals surface area contributed by atoms with Crippen molar-refractivity contribution in [2.75, 3.05) is 19.7 Å². The third-order valence-corrected chi connectivity index (χ3v) is 3.88. The molecule has 1 saturated heterocycles. The molecule has 1 aromatic rings. The number of carbonyl (C=O) groups excluding carboxylic acids is 3. The van der Waals surface area contributed by atoms with Crippen molar-refractivity contribution in [1.82, 2.24) is 10.2 Å². The number of nitrogens with one attached hydrogen (secondary N) is 1. The summed E-state index contributed by atoms with van der Waals surface area (Å²) in [5, 5.41) is 2.76. The van der Waals surface area contributed by atoms with Gasteiger partial charge in [-0.25, -0.2) is 4.79 Å². The third-order valence-electron chi connectivity index (χ3n) is 3.88. The van der Waals surface area contributed by atoms with E-state index in [2.05, 4.69) is 5.32 Å². The lowest BCUT2D eigenvalue weighted by Gasteiger charge is -2.31. The number of ether oxygens (including phenoxy) is 1. The van der Waals surface area contributed by atoms with Gasteiger partial charge >= 0.3 is 6.09 Å². The highest BCUT2D eigenvalue weighted by molar-refractivity contribution is 6.42. The molecule has 1 aliphatic heterocycles. The van der Waals surface area contributed by atoms with Crippen LogP contribution in [0.2, 0.25) is 0 Å². The molecule has 1 fully saturated rings. The molecular formula is C17H22N2O4. The summed E-state index contributed by atoms with van der Waals surface area (Å²) in [5.41, 5.74) is 1.42. The highest BCUT2D eigenvalue weighted by Crippen LogP contribution is 2.12. The second kappa shape index (κ2) is 7.76. The largest absolute Gasteiger partial charge is 0.450 e. The number of amides is 2. The smallest absolute Gasteiger partial charge is 0.409 e. The van der Waals surface area contributed by atoms with Crippen LogP contribution in [0.1, 0.15) is 35.7 Å². The van der Waals surface area contributed by atoms with Gasteiger partial charge in [0, 0.05) is 24.7 Å². The predicted octanol–water partition coefficient (Wildman–Crippen LogP) is 1.91. The van der Waals surface area contributed by atoms with E-state index in [-0.39, 0.29) is 12.1 Å². The van der Waals surface area contributed by atoms with Gasteiger partial charge in [0.1, 0.15) is 0 Å². The second-order valence-electron chi connectivity index (χ2n) is 5.63. The fourth-order valence-corrected chi connectivity index (χ4v) is 2.51. The van der Waals surface area contributed by atoms with Crippen LogP contribution in [0.15, 0.2) is 24.3 Å². The molecule has 0 atom stereocenters. The van der Waals surface area contributed by atoms with Crippen molar-refractivity contribution in [2.45, 2.75) is 32.7 Å². The summed E-state index contributed by atoms with van der Waals surface area (Å²) in [6.45, 7) is 5.07. The van der Waals surface area contributed by atoms with Crippen LogP contribution in [0.5, 0.6) is 0 Å². The zero-order valence-corrected chi connectivity index (χ0v) is 13.5. The summed E-state index contributed by atoms with van der Waals surface area (Å²) >= 11 is 0. The fourth-order valence-electron chi connectivity index (χ4n) is 2.51. The van der Waals surface area contributed by atoms with Gasteiger partial charge in [0.05, 0.1) is 6.61 Å². The van der Waals surface area contributed by atoms with Crippen molar-refractivity contribution in [1.29, 1.82) is 0 Å². The monoisotopic (exact) mass is 318 g/mol. The normalized spacial score (nSPS) is 15.1. The van der Waals surface area contributed by atoms with Gasteiger partial charge in [-0.15, -0.1) is 0 Å². The average molecular weight is 318 g/mol. The molecule has 0 aromatic heterocycles. The van der Waals surface area contributed by atoms with Crippen LogP contribution >= 0.6 is 0 Å². The second-order valence-corrected chi connectivity index (χ2v) is 5.63. The summed E-state index contributed by atoms with van der Waals surface area (Å²) in [6.07, 6.45) is 0.908. The Balaban J connectivity index is 1.84. The van der Waals surface area contributed by atoms with E-state index in [4.69, 9.17) is 4.74 Å². The molecule has 23 heavy (non-hydrogen) atoms. The number of hydrogen-bond donors (Lipinski definition) is 1. The molecule has 2 amide bonds. The molecule has 0 bridgehead atoms. The van der Waals surface area contributed by atoms with E-state index in [0.717, 1.165) is 5.56 Å². The number of rotatable bonds is 4. The van der Waals surface area contributed by atoms with E-state index in [1.165, 1.54) is 0 Å². The number of Topliss-reactive ketones (excluding diaryl/α,β-unsaturated/α-hetero) is 1. The Morgan fingerprint density at radius 1 is 1.17 bits per heavy atom. The average Bonchev–Trinajstić information content (AvgIpc) is 2.55. The quantitative estimate of drug-likeness (QED) is 0.680. The topological polar surface area (TPSA) is 75.7 Å². The van der Waals surface area contributed by atoms with Crippen LogP contribution in [0.25, 0.3) is 0 Å². The summed E-state index contributed by atoms with van der Waals surface area (Å²) in [5.74, 6) is -1.12. The standard InChI is InChI=1S/C17H22N2O4/c1-3-23-17(22)19-10-8-14(9-11-19)18-16(21)15(20)13-6-4-12(2)5-7-13/h4-7,14H,3,8-11H2,1-2H3,(H,18,21). The van der Waals surface area contributed by atoms with Gasteiger partial charge in [-0.1, -0.05) is 29.8 Å². The van der Waals surface area contributed by atoms with Crippen LogP contribution in [0.3, 0.4) is 0 Å². The Hall–Kier alpha value is -2.37. The van der Waals surface area contributed by atoms with Crippen LogP contribution in [0.4, 0.5) is 4.79 Å². The lowest BCUT2D eigenvalue weighted by atomic mass is 10.0. The Morgan fingerprint density at radius 3 is 2.35 bits per heavy atom. The first-order valence-corrected chi connectivity index (χ1v) is 7.84. The van der Waals surface area contributed by atoms with E-state index in [0.29, 0.717) is 38.1 Å². The molecule has 6 nitrogen and oxygen atoms in total. The van der Waals surface area contributed by atoms with Gasteiger partial charge in [-0.2, -0.15) is 0 Å². The molecule has 1 heterocycles. The third kappa shape index (κ3) is 4.55. The minimum atomic E-state index is -0.594. The minimum absolute atomic E-state index is 0.0948. The molecule has 2 rings (SSSR count). The fraction of sp³-hybridized carbons (Fsp3) is 0.471. The Labute approximate surface area is 135 Å². The van der Waals surface area contributed by atoms with Gasteiger partial charge in [0.25, 0.3) is 5.91 Å². The summed E-state index contributed by atoms with van der Waals surface area (Å²) in [7, 11) is 0. The first-order valence-electron chi connectivity index (χ1n) is 7.84. The van der Waals surface area contributed by atoms with Gasteiger partial charge in [-0.05, 0) is 26.7 Å². The first-order chi connectivity index (χ1) is 11.0. The van der Waals surface area contributed by atoms with Gasteiger partial charge in [0.2, 0.25) is 5.78 Å². The summed E-state index contributed by atoms with van der Waals surface area (Å²) in [6, 6.07) is 6.82. The number of ketones is 1. The highest BCUT2D eigenvalue weighted by Gasteiger charge is 2.26. The van der Waals surface area contributed by atoms with Crippen molar-refractivity contribution >= 4 is 17.8 Å². The number of hydrogen-bond acceptors (Lipinski definition) is 4. The Morgan fingerprint density at radius 2 is 1.78 bits per heavy atom. The highest BCUT2D eigenvalue weighted by atomic mass is 16.6. The van der Waals surface area contributed by atoms with Gasteiger partial charge in [0.15, 0.2) is 0 Å². The summed E-state index contributed by atoms with van der Waals surface area (Å²) in [4.78, 5) is 37.4. The van der Waals surface area contributed by atoms with Crippen molar-refractivity contribution in [3.8, 4) is 0 Å². The number of aryl methyl sites for hydroxylation is 1. The molecule has 1 aliphatic rings. The number of nitrogens with zero attached hydrogens (tertiary/aromatic N) is 1. The first kappa shape index (κ1) is 17.0. The van der Waals surface area contributed by atoms with Gasteiger partial charge in [-0.3, -0.25) is 9.59 Å². The van der Waals surface area contributed by atoms with E-state index < -0.39 is 11.7 Å². The Kier molecular flexibility index (Phi) is 5.73. The Bertz CT molecular complexity index is 575. The number of benzene rings is 1. The van der Waals surface area contributed by atoms with E-state index in [1.807, 2.05) is 6.92 Å². The lowest BCUT2D eigenvalue weighted by molar-refractivity contribution is -0.117. The number of piperidine rings is 1. The summed E-state index contributed by atoms with van der Waals surface area (Å²) < 4.78 is 4.95. The van der Waals surface area contributed by atoms with Crippen molar-refractivity contribution in [3.63, 3.8) is 0 Å². The minimum Gasteiger partial charge on any atom is -0.450 e. The van der Waals surface area contributed by atoms with Crippen LogP contribution < -0.4 is 5.32 Å². The lowest BCUT2D eigenvalue weighted by Crippen LogP contribution is -2.48. The maximum Gasteiger partial charge on any atom is 0.409 e. The van der Waals surface area contributed by atoms with Crippen LogP contribution in [-0.2, 0) is 9.53 Å². The molecule has 0 unspecified atom stereocenters. The maximum atomic E-state index is 12.1. The van der Waals surface area contributed by atoms with E-state index in [9.17, 15) is 14.4 Å². The molecule has 0 radical (unpaired) electrons. The molecule has 0 saturated carbocycles.